The topological polar surface area (TPSA) is 43.1 Å². The van der Waals surface area contributed by atoms with Gasteiger partial charge in [0.05, 0.1) is 5.02 Å². The van der Waals surface area contributed by atoms with E-state index in [4.69, 9.17) is 16.0 Å². The molecule has 0 fully saturated rings. The number of rotatable bonds is 3. The molecule has 0 N–H and O–H groups in total. The summed E-state index contributed by atoms with van der Waals surface area (Å²) in [5, 5.41) is 0.427. The van der Waals surface area contributed by atoms with Crippen LogP contribution in [0.5, 0.6) is 0 Å². The van der Waals surface area contributed by atoms with Gasteiger partial charge in [-0.1, -0.05) is 47.5 Å². The minimum Gasteiger partial charge on any atom is -0.436 e. The first-order valence-electron chi connectivity index (χ1n) is 7.89. The van der Waals surface area contributed by atoms with E-state index in [0.717, 1.165) is 11.1 Å². The van der Waals surface area contributed by atoms with Crippen LogP contribution in [0.25, 0.3) is 22.6 Å². The van der Waals surface area contributed by atoms with Crippen molar-refractivity contribution in [3.05, 3.63) is 88.4 Å². The Labute approximate surface area is 149 Å². The van der Waals surface area contributed by atoms with Gasteiger partial charge >= 0.3 is 0 Å². The Morgan fingerprint density at radius 1 is 0.960 bits per heavy atom. The van der Waals surface area contributed by atoms with E-state index < -0.39 is 0 Å². The highest BCUT2D eigenvalue weighted by molar-refractivity contribution is 6.35. The van der Waals surface area contributed by atoms with Crippen molar-refractivity contribution in [2.45, 2.75) is 6.92 Å². The average Bonchev–Trinajstić information content (AvgIpc) is 3.05. The van der Waals surface area contributed by atoms with E-state index in [1.165, 1.54) is 0 Å². The van der Waals surface area contributed by atoms with Gasteiger partial charge in [0.2, 0.25) is 5.89 Å². The number of oxazole rings is 1. The predicted octanol–water partition coefficient (Wildman–Crippen LogP) is 5.69. The molecule has 1 heterocycles. The van der Waals surface area contributed by atoms with Crippen LogP contribution in [-0.4, -0.2) is 10.8 Å². The highest BCUT2D eigenvalue weighted by Crippen LogP contribution is 2.30. The number of para-hydroxylation sites is 2. The van der Waals surface area contributed by atoms with Gasteiger partial charge in [0.1, 0.15) is 5.52 Å². The maximum Gasteiger partial charge on any atom is 0.228 e. The van der Waals surface area contributed by atoms with Crippen LogP contribution < -0.4 is 0 Å². The van der Waals surface area contributed by atoms with Crippen molar-refractivity contribution in [3.8, 4) is 11.5 Å². The average molecular weight is 348 g/mol. The molecule has 0 bridgehead atoms. The second kappa shape index (κ2) is 6.19. The second-order valence-corrected chi connectivity index (χ2v) is 6.25. The number of carbonyl (C=O) groups is 1. The fraction of sp³-hybridized carbons (Fsp3) is 0.0476. The lowest BCUT2D eigenvalue weighted by Gasteiger charge is -2.08. The van der Waals surface area contributed by atoms with Gasteiger partial charge in [0.25, 0.3) is 0 Å². The van der Waals surface area contributed by atoms with Crippen molar-refractivity contribution in [2.24, 2.45) is 0 Å². The molecule has 0 saturated carbocycles. The molecule has 25 heavy (non-hydrogen) atoms. The third-order valence-electron chi connectivity index (χ3n) is 4.06. The van der Waals surface area contributed by atoms with E-state index >= 15 is 0 Å². The summed E-state index contributed by atoms with van der Waals surface area (Å²) < 4.78 is 5.87. The third kappa shape index (κ3) is 2.83. The van der Waals surface area contributed by atoms with E-state index in [2.05, 4.69) is 4.98 Å². The quantitative estimate of drug-likeness (QED) is 0.447. The molecule has 0 aliphatic rings. The van der Waals surface area contributed by atoms with E-state index in [1.54, 1.807) is 30.3 Å². The molecular formula is C21H14ClNO2. The van der Waals surface area contributed by atoms with Gasteiger partial charge < -0.3 is 4.42 Å². The van der Waals surface area contributed by atoms with Gasteiger partial charge in [0, 0.05) is 16.7 Å². The molecule has 1 aromatic heterocycles. The highest BCUT2D eigenvalue weighted by atomic mass is 35.5. The molecule has 0 spiro atoms. The fourth-order valence-corrected chi connectivity index (χ4v) is 3.03. The molecule has 4 heteroatoms. The van der Waals surface area contributed by atoms with Gasteiger partial charge in [-0.15, -0.1) is 0 Å². The second-order valence-electron chi connectivity index (χ2n) is 5.84. The van der Waals surface area contributed by atoms with E-state index in [-0.39, 0.29) is 5.78 Å². The molecular weight excluding hydrogens is 334 g/mol. The molecule has 0 aliphatic carbocycles. The number of nitrogens with zero attached hydrogens (tertiary/aromatic N) is 1. The lowest BCUT2D eigenvalue weighted by Crippen LogP contribution is -2.04. The summed E-state index contributed by atoms with van der Waals surface area (Å²) >= 11 is 6.20. The summed E-state index contributed by atoms with van der Waals surface area (Å²) in [6.45, 7) is 1.97. The third-order valence-corrected chi connectivity index (χ3v) is 4.39. The Bertz CT molecular complexity index is 1060. The molecule has 122 valence electrons. The minimum absolute atomic E-state index is 0.150. The first-order chi connectivity index (χ1) is 12.1. The van der Waals surface area contributed by atoms with E-state index in [0.29, 0.717) is 33.2 Å². The van der Waals surface area contributed by atoms with Crippen LogP contribution in [0, 0.1) is 6.92 Å². The fourth-order valence-electron chi connectivity index (χ4n) is 2.81. The van der Waals surface area contributed by atoms with Crippen LogP contribution in [0.2, 0.25) is 5.02 Å². The number of benzene rings is 3. The maximum atomic E-state index is 13.0. The normalized spacial score (nSPS) is 11.0. The van der Waals surface area contributed by atoms with Gasteiger partial charge in [-0.25, -0.2) is 4.98 Å². The number of halogens is 1. The van der Waals surface area contributed by atoms with Crippen LogP contribution in [0.1, 0.15) is 21.5 Å². The molecule has 3 nitrogen and oxygen atoms in total. The molecule has 0 unspecified atom stereocenters. The van der Waals surface area contributed by atoms with Gasteiger partial charge in [-0.05, 0) is 43.3 Å². The van der Waals surface area contributed by atoms with Crippen LogP contribution in [0.15, 0.2) is 71.1 Å². The largest absolute Gasteiger partial charge is 0.436 e. The lowest BCUT2D eigenvalue weighted by molar-refractivity contribution is 0.103. The Morgan fingerprint density at radius 2 is 1.72 bits per heavy atom. The molecule has 4 aromatic rings. The zero-order valence-electron chi connectivity index (χ0n) is 13.5. The molecule has 0 atom stereocenters. The van der Waals surface area contributed by atoms with E-state index in [1.807, 2.05) is 43.3 Å². The number of hydrogen-bond donors (Lipinski definition) is 0. The van der Waals surface area contributed by atoms with Crippen molar-refractivity contribution in [1.82, 2.24) is 4.98 Å². The summed E-state index contributed by atoms with van der Waals surface area (Å²) in [6.07, 6.45) is 0. The Morgan fingerprint density at radius 3 is 2.52 bits per heavy atom. The van der Waals surface area contributed by atoms with Crippen LogP contribution >= 0.6 is 11.6 Å². The highest BCUT2D eigenvalue weighted by Gasteiger charge is 2.20. The summed E-state index contributed by atoms with van der Waals surface area (Å²) in [5.74, 6) is 0.281. The number of aromatic nitrogens is 1. The smallest absolute Gasteiger partial charge is 0.228 e. The maximum absolute atomic E-state index is 13.0. The van der Waals surface area contributed by atoms with Crippen molar-refractivity contribution >= 4 is 28.5 Å². The summed E-state index contributed by atoms with van der Waals surface area (Å²) in [7, 11) is 0. The van der Waals surface area contributed by atoms with Crippen molar-refractivity contribution in [3.63, 3.8) is 0 Å². The first kappa shape index (κ1) is 15.6. The van der Waals surface area contributed by atoms with E-state index in [9.17, 15) is 4.79 Å². The van der Waals surface area contributed by atoms with Crippen molar-refractivity contribution < 1.29 is 9.21 Å². The zero-order valence-corrected chi connectivity index (χ0v) is 14.2. The Hall–Kier alpha value is -2.91. The molecule has 4 rings (SSSR count). The SMILES string of the molecule is Cc1ccc(C(=O)c2ccccc2Cl)c(-c2nc3ccccc3o2)c1. The molecule has 0 aliphatic heterocycles. The van der Waals surface area contributed by atoms with Crippen LogP contribution in [0.3, 0.4) is 0 Å². The van der Waals surface area contributed by atoms with Gasteiger partial charge in [-0.2, -0.15) is 0 Å². The molecule has 0 amide bonds. The number of carbonyl (C=O) groups excluding carboxylic acids is 1. The van der Waals surface area contributed by atoms with Crippen LogP contribution in [0.4, 0.5) is 0 Å². The number of fused-ring (bicyclic) bond motifs is 1. The summed E-state index contributed by atoms with van der Waals surface area (Å²) in [5.41, 5.74) is 4.12. The van der Waals surface area contributed by atoms with Gasteiger partial charge in [0.15, 0.2) is 11.4 Å². The molecule has 0 saturated heterocycles. The molecule has 0 radical (unpaired) electrons. The monoisotopic (exact) mass is 347 g/mol. The minimum atomic E-state index is -0.150. The zero-order chi connectivity index (χ0) is 17.4. The molecule has 3 aromatic carbocycles. The predicted molar refractivity (Wildman–Crippen MR) is 99.1 cm³/mol. The number of aryl methyl sites for hydroxylation is 1. The van der Waals surface area contributed by atoms with Crippen molar-refractivity contribution in [1.29, 1.82) is 0 Å². The van der Waals surface area contributed by atoms with Gasteiger partial charge in [-0.3, -0.25) is 4.79 Å². The van der Waals surface area contributed by atoms with Crippen LogP contribution in [-0.2, 0) is 0 Å². The standard InChI is InChI=1S/C21H14ClNO2/c1-13-10-11-14(20(24)15-6-2-3-7-17(15)22)16(12-13)21-23-18-8-4-5-9-19(18)25-21/h2-12H,1H3. The Balaban J connectivity index is 1.90. The Kier molecular flexibility index (Phi) is 3.86. The number of hydrogen-bond acceptors (Lipinski definition) is 3. The first-order valence-corrected chi connectivity index (χ1v) is 8.27. The van der Waals surface area contributed by atoms with Crippen molar-refractivity contribution in [2.75, 3.05) is 0 Å². The lowest BCUT2D eigenvalue weighted by atomic mass is 9.96. The summed E-state index contributed by atoms with van der Waals surface area (Å²) in [6, 6.07) is 20.2. The summed E-state index contributed by atoms with van der Waals surface area (Å²) in [4.78, 5) is 17.6. The number of ketones is 1.